The quantitative estimate of drug-likeness (QED) is 0.676. The van der Waals surface area contributed by atoms with Gasteiger partial charge in [-0.05, 0) is 42.5 Å². The minimum absolute atomic E-state index is 0.229. The van der Waals surface area contributed by atoms with Crippen molar-refractivity contribution < 1.29 is 9.47 Å². The van der Waals surface area contributed by atoms with Crippen molar-refractivity contribution >= 4 is 22.2 Å². The number of benzene rings is 1. The molecule has 0 bridgehead atoms. The highest BCUT2D eigenvalue weighted by molar-refractivity contribution is 7.13. The number of pyridine rings is 1. The molecule has 0 N–H and O–H groups in total. The Labute approximate surface area is 131 Å². The SMILES string of the molecule is Cc1ccsc1-c1nc2cc3c(cc2c(C)c1C#N)OCO3. The Balaban J connectivity index is 2.08. The highest BCUT2D eigenvalue weighted by atomic mass is 32.1. The fourth-order valence-electron chi connectivity index (χ4n) is 2.73. The largest absolute Gasteiger partial charge is 0.454 e. The summed E-state index contributed by atoms with van der Waals surface area (Å²) in [5.74, 6) is 1.42. The number of ether oxygens (including phenoxy) is 2. The van der Waals surface area contributed by atoms with Crippen LogP contribution < -0.4 is 9.47 Å². The molecule has 0 spiro atoms. The van der Waals surface area contributed by atoms with Crippen molar-refractivity contribution in [2.24, 2.45) is 0 Å². The second-order valence-electron chi connectivity index (χ2n) is 5.23. The molecule has 4 nitrogen and oxygen atoms in total. The van der Waals surface area contributed by atoms with Gasteiger partial charge in [-0.1, -0.05) is 0 Å². The zero-order valence-corrected chi connectivity index (χ0v) is 13.0. The van der Waals surface area contributed by atoms with Crippen molar-refractivity contribution in [1.82, 2.24) is 4.98 Å². The molecule has 0 radical (unpaired) electrons. The van der Waals surface area contributed by atoms with Crippen LogP contribution in [-0.2, 0) is 0 Å². The summed E-state index contributed by atoms with van der Waals surface area (Å²) < 4.78 is 10.9. The molecule has 0 saturated heterocycles. The predicted molar refractivity (Wildman–Crippen MR) is 85.4 cm³/mol. The van der Waals surface area contributed by atoms with E-state index in [-0.39, 0.29) is 6.79 Å². The normalized spacial score (nSPS) is 12.6. The van der Waals surface area contributed by atoms with Gasteiger partial charge in [-0.15, -0.1) is 11.3 Å². The second-order valence-corrected chi connectivity index (χ2v) is 6.14. The van der Waals surface area contributed by atoms with Crippen LogP contribution in [0.2, 0.25) is 0 Å². The van der Waals surface area contributed by atoms with Gasteiger partial charge < -0.3 is 9.47 Å². The van der Waals surface area contributed by atoms with Crippen LogP contribution in [0.1, 0.15) is 16.7 Å². The number of hydrogen-bond acceptors (Lipinski definition) is 5. The van der Waals surface area contributed by atoms with Crippen molar-refractivity contribution in [2.75, 3.05) is 6.79 Å². The van der Waals surface area contributed by atoms with Crippen LogP contribution in [0.4, 0.5) is 0 Å². The number of aryl methyl sites for hydroxylation is 2. The molecule has 3 aromatic rings. The predicted octanol–water partition coefficient (Wildman–Crippen LogP) is 4.18. The Morgan fingerprint density at radius 1 is 1.23 bits per heavy atom. The summed E-state index contributed by atoms with van der Waals surface area (Å²) in [6, 6.07) is 8.15. The Morgan fingerprint density at radius 2 is 2.00 bits per heavy atom. The van der Waals surface area contributed by atoms with Crippen LogP contribution in [0.3, 0.4) is 0 Å². The molecule has 3 heterocycles. The Bertz CT molecular complexity index is 953. The van der Waals surface area contributed by atoms with Gasteiger partial charge in [-0.3, -0.25) is 0 Å². The van der Waals surface area contributed by atoms with Crippen LogP contribution in [0, 0.1) is 25.2 Å². The molecule has 0 amide bonds. The summed E-state index contributed by atoms with van der Waals surface area (Å²) in [5, 5.41) is 12.6. The third-order valence-electron chi connectivity index (χ3n) is 3.93. The molecule has 0 aliphatic carbocycles. The van der Waals surface area contributed by atoms with Gasteiger partial charge in [0.05, 0.1) is 21.7 Å². The van der Waals surface area contributed by atoms with Gasteiger partial charge in [0, 0.05) is 11.5 Å². The van der Waals surface area contributed by atoms with Crippen molar-refractivity contribution in [3.63, 3.8) is 0 Å². The van der Waals surface area contributed by atoms with Crippen molar-refractivity contribution in [3.8, 4) is 28.1 Å². The van der Waals surface area contributed by atoms with Gasteiger partial charge in [-0.2, -0.15) is 5.26 Å². The lowest BCUT2D eigenvalue weighted by molar-refractivity contribution is 0.174. The Morgan fingerprint density at radius 3 is 2.68 bits per heavy atom. The topological polar surface area (TPSA) is 55.1 Å². The zero-order valence-electron chi connectivity index (χ0n) is 12.1. The monoisotopic (exact) mass is 308 g/mol. The third kappa shape index (κ3) is 1.78. The number of nitrogens with zero attached hydrogens (tertiary/aromatic N) is 2. The molecule has 1 aliphatic heterocycles. The van der Waals surface area contributed by atoms with Gasteiger partial charge in [0.2, 0.25) is 6.79 Å². The summed E-state index contributed by atoms with van der Waals surface area (Å²) in [6.07, 6.45) is 0. The van der Waals surface area contributed by atoms with E-state index in [4.69, 9.17) is 14.5 Å². The number of aromatic nitrogens is 1. The van der Waals surface area contributed by atoms with Crippen LogP contribution in [0.15, 0.2) is 23.6 Å². The molecule has 22 heavy (non-hydrogen) atoms. The summed E-state index contributed by atoms with van der Waals surface area (Å²) in [6.45, 7) is 4.22. The molecule has 0 saturated carbocycles. The molecule has 2 aromatic heterocycles. The first-order chi connectivity index (χ1) is 10.7. The van der Waals surface area contributed by atoms with E-state index >= 15 is 0 Å². The van der Waals surface area contributed by atoms with Gasteiger partial charge >= 0.3 is 0 Å². The van der Waals surface area contributed by atoms with Crippen LogP contribution in [0.25, 0.3) is 21.5 Å². The van der Waals surface area contributed by atoms with E-state index in [9.17, 15) is 5.26 Å². The summed E-state index contributed by atoms with van der Waals surface area (Å²) in [7, 11) is 0. The van der Waals surface area contributed by atoms with Gasteiger partial charge in [0.15, 0.2) is 11.5 Å². The minimum Gasteiger partial charge on any atom is -0.454 e. The highest BCUT2D eigenvalue weighted by Crippen LogP contribution is 2.40. The number of hydrogen-bond donors (Lipinski definition) is 0. The maximum Gasteiger partial charge on any atom is 0.231 e. The second kappa shape index (κ2) is 4.72. The van der Waals surface area contributed by atoms with Crippen molar-refractivity contribution in [3.05, 3.63) is 40.3 Å². The molecule has 1 aliphatic rings. The lowest BCUT2D eigenvalue weighted by Gasteiger charge is -2.10. The molecule has 0 atom stereocenters. The first-order valence-electron chi connectivity index (χ1n) is 6.87. The average molecular weight is 308 g/mol. The van der Waals surface area contributed by atoms with Crippen LogP contribution in [0.5, 0.6) is 11.5 Å². The van der Waals surface area contributed by atoms with E-state index < -0.39 is 0 Å². The number of rotatable bonds is 1. The van der Waals surface area contributed by atoms with E-state index in [2.05, 4.69) is 6.07 Å². The Hall–Kier alpha value is -2.58. The van der Waals surface area contributed by atoms with E-state index in [0.29, 0.717) is 17.1 Å². The first-order valence-corrected chi connectivity index (χ1v) is 7.75. The van der Waals surface area contributed by atoms with Crippen LogP contribution in [-0.4, -0.2) is 11.8 Å². The maximum atomic E-state index is 9.60. The standard InChI is InChI=1S/C17H12N2O2S/c1-9-3-4-22-17(9)16-12(7-18)10(2)11-5-14-15(21-8-20-14)6-13(11)19-16/h3-6H,8H2,1-2H3. The minimum atomic E-state index is 0.229. The molecule has 108 valence electrons. The van der Waals surface area contributed by atoms with E-state index in [1.54, 1.807) is 11.3 Å². The fourth-order valence-corrected chi connectivity index (χ4v) is 3.65. The average Bonchev–Trinajstić information content (AvgIpc) is 3.13. The number of fused-ring (bicyclic) bond motifs is 2. The highest BCUT2D eigenvalue weighted by Gasteiger charge is 2.20. The molecule has 1 aromatic carbocycles. The summed E-state index contributed by atoms with van der Waals surface area (Å²) in [5.41, 5.74) is 4.25. The van der Waals surface area contributed by atoms with Gasteiger partial charge in [0.1, 0.15) is 6.07 Å². The lowest BCUT2D eigenvalue weighted by atomic mass is 10.0. The molecular formula is C17H12N2O2S. The van der Waals surface area contributed by atoms with Gasteiger partial charge in [0.25, 0.3) is 0 Å². The smallest absolute Gasteiger partial charge is 0.231 e. The molecule has 5 heteroatoms. The molecule has 4 rings (SSSR count). The maximum absolute atomic E-state index is 9.60. The van der Waals surface area contributed by atoms with Gasteiger partial charge in [-0.25, -0.2) is 4.98 Å². The molecule has 0 unspecified atom stereocenters. The number of nitriles is 1. The fraction of sp³-hybridized carbons (Fsp3) is 0.176. The Kier molecular flexibility index (Phi) is 2.81. The third-order valence-corrected chi connectivity index (χ3v) is 4.95. The van der Waals surface area contributed by atoms with Crippen molar-refractivity contribution in [2.45, 2.75) is 13.8 Å². The van der Waals surface area contributed by atoms with E-state index in [0.717, 1.165) is 32.6 Å². The van der Waals surface area contributed by atoms with Crippen molar-refractivity contribution in [1.29, 1.82) is 5.26 Å². The zero-order chi connectivity index (χ0) is 15.3. The molecule has 0 fully saturated rings. The first kappa shape index (κ1) is 13.1. The number of thiophene rings is 1. The summed E-state index contributed by atoms with van der Waals surface area (Å²) in [4.78, 5) is 5.78. The summed E-state index contributed by atoms with van der Waals surface area (Å²) >= 11 is 1.61. The lowest BCUT2D eigenvalue weighted by Crippen LogP contribution is -1.95. The van der Waals surface area contributed by atoms with E-state index in [1.807, 2.05) is 37.4 Å². The molecular weight excluding hydrogens is 296 g/mol. The van der Waals surface area contributed by atoms with Crippen LogP contribution >= 0.6 is 11.3 Å². The van der Waals surface area contributed by atoms with E-state index in [1.165, 1.54) is 0 Å².